The van der Waals surface area contributed by atoms with Crippen LogP contribution in [0.15, 0.2) is 30.3 Å². The second-order valence-electron chi connectivity index (χ2n) is 7.08. The monoisotopic (exact) mass is 403 g/mol. The minimum Gasteiger partial charge on any atom is -0.381 e. The summed E-state index contributed by atoms with van der Waals surface area (Å²) in [5.74, 6) is 0.648. The van der Waals surface area contributed by atoms with Crippen molar-refractivity contribution in [1.82, 2.24) is 9.80 Å². The molecule has 0 aliphatic carbocycles. The summed E-state index contributed by atoms with van der Waals surface area (Å²) in [5, 5.41) is 0. The number of carbonyl (C=O) groups is 1. The Kier molecular flexibility index (Phi) is 9.90. The minimum absolute atomic E-state index is 0. The average molecular weight is 404 g/mol. The molecule has 2 heterocycles. The van der Waals surface area contributed by atoms with Crippen LogP contribution in [0, 0.1) is 11.8 Å². The van der Waals surface area contributed by atoms with Crippen LogP contribution in [0.25, 0.3) is 0 Å². The summed E-state index contributed by atoms with van der Waals surface area (Å²) in [4.78, 5) is 17.2. The van der Waals surface area contributed by atoms with Crippen molar-refractivity contribution < 1.29 is 9.53 Å². The number of ether oxygens (including phenoxy) is 1. The number of carbonyl (C=O) groups excluding carboxylic acids is 1. The fourth-order valence-electron chi connectivity index (χ4n) is 3.65. The third-order valence-corrected chi connectivity index (χ3v) is 5.34. The first-order chi connectivity index (χ1) is 11.6. The second kappa shape index (κ2) is 11.1. The Hall–Kier alpha value is -0.850. The van der Waals surface area contributed by atoms with Gasteiger partial charge >= 0.3 is 0 Å². The van der Waals surface area contributed by atoms with E-state index in [1.54, 1.807) is 0 Å². The SMILES string of the molecule is CC(C(=O)N1CCN(CC2CCOC2)CC1)C(N)c1ccccc1.Cl.Cl. The number of nitrogens with zero attached hydrogens (tertiary/aromatic N) is 2. The zero-order chi connectivity index (χ0) is 16.9. The molecule has 0 spiro atoms. The van der Waals surface area contributed by atoms with Crippen molar-refractivity contribution in [2.75, 3.05) is 45.9 Å². The van der Waals surface area contributed by atoms with Gasteiger partial charge in [0.05, 0.1) is 12.5 Å². The van der Waals surface area contributed by atoms with Gasteiger partial charge in [0.1, 0.15) is 0 Å². The third-order valence-electron chi connectivity index (χ3n) is 5.34. The van der Waals surface area contributed by atoms with E-state index in [9.17, 15) is 4.79 Å². The Morgan fingerprint density at radius 1 is 1.19 bits per heavy atom. The summed E-state index contributed by atoms with van der Waals surface area (Å²) in [5.41, 5.74) is 7.34. The Labute approximate surface area is 169 Å². The van der Waals surface area contributed by atoms with Crippen LogP contribution in [0.1, 0.15) is 24.9 Å². The molecule has 0 aromatic heterocycles. The van der Waals surface area contributed by atoms with Crippen LogP contribution in [-0.4, -0.2) is 61.6 Å². The lowest BCUT2D eigenvalue weighted by atomic mass is 9.94. The van der Waals surface area contributed by atoms with Gasteiger partial charge in [-0.3, -0.25) is 9.69 Å². The molecule has 7 heteroatoms. The predicted octanol–water partition coefficient (Wildman–Crippen LogP) is 2.35. The number of nitrogens with two attached hydrogens (primary N) is 1. The van der Waals surface area contributed by atoms with Crippen LogP contribution in [0.5, 0.6) is 0 Å². The molecule has 3 atom stereocenters. The number of rotatable bonds is 5. The number of benzene rings is 1. The quantitative estimate of drug-likeness (QED) is 0.819. The van der Waals surface area contributed by atoms with Gasteiger partial charge in [0.15, 0.2) is 0 Å². The molecule has 2 saturated heterocycles. The Morgan fingerprint density at radius 2 is 1.85 bits per heavy atom. The van der Waals surface area contributed by atoms with E-state index >= 15 is 0 Å². The van der Waals surface area contributed by atoms with Crippen LogP contribution in [0.2, 0.25) is 0 Å². The first-order valence-electron chi connectivity index (χ1n) is 9.04. The zero-order valence-corrected chi connectivity index (χ0v) is 17.0. The van der Waals surface area contributed by atoms with Gasteiger partial charge in [-0.1, -0.05) is 37.3 Å². The third kappa shape index (κ3) is 5.83. The average Bonchev–Trinajstić information content (AvgIpc) is 3.14. The molecular formula is C19H31Cl2N3O2. The lowest BCUT2D eigenvalue weighted by molar-refractivity contribution is -0.137. The molecule has 1 aromatic carbocycles. The summed E-state index contributed by atoms with van der Waals surface area (Å²) in [6.07, 6.45) is 1.17. The van der Waals surface area contributed by atoms with E-state index < -0.39 is 0 Å². The maximum atomic E-state index is 12.8. The molecule has 26 heavy (non-hydrogen) atoms. The molecule has 148 valence electrons. The molecule has 2 fully saturated rings. The van der Waals surface area contributed by atoms with Crippen molar-refractivity contribution in [3.63, 3.8) is 0 Å². The van der Waals surface area contributed by atoms with Crippen LogP contribution in [0.3, 0.4) is 0 Å². The largest absolute Gasteiger partial charge is 0.381 e. The van der Waals surface area contributed by atoms with E-state index in [0.29, 0.717) is 5.92 Å². The zero-order valence-electron chi connectivity index (χ0n) is 15.4. The van der Waals surface area contributed by atoms with Crippen LogP contribution in [-0.2, 0) is 9.53 Å². The van der Waals surface area contributed by atoms with Crippen molar-refractivity contribution in [2.45, 2.75) is 19.4 Å². The van der Waals surface area contributed by atoms with Crippen molar-refractivity contribution in [3.8, 4) is 0 Å². The summed E-state index contributed by atoms with van der Waals surface area (Å²) in [6.45, 7) is 8.35. The number of amides is 1. The minimum atomic E-state index is -0.243. The van der Waals surface area contributed by atoms with Gasteiger partial charge in [-0.15, -0.1) is 24.8 Å². The van der Waals surface area contributed by atoms with E-state index in [4.69, 9.17) is 10.5 Å². The van der Waals surface area contributed by atoms with Crippen molar-refractivity contribution in [2.24, 2.45) is 17.6 Å². The van der Waals surface area contributed by atoms with Crippen molar-refractivity contribution in [1.29, 1.82) is 0 Å². The summed E-state index contributed by atoms with van der Waals surface area (Å²) >= 11 is 0. The van der Waals surface area contributed by atoms with E-state index in [-0.39, 0.29) is 42.7 Å². The standard InChI is InChI=1S/C19H29N3O2.2ClH/c1-15(18(20)17-5-3-2-4-6-17)19(23)22-10-8-21(9-11-22)13-16-7-12-24-14-16;;/h2-6,15-16,18H,7-14,20H2,1H3;2*1H. The maximum absolute atomic E-state index is 12.8. The number of hydrogen-bond donors (Lipinski definition) is 1. The highest BCUT2D eigenvalue weighted by Crippen LogP contribution is 2.22. The highest BCUT2D eigenvalue weighted by atomic mass is 35.5. The molecule has 0 saturated carbocycles. The molecule has 1 amide bonds. The summed E-state index contributed by atoms with van der Waals surface area (Å²) < 4.78 is 5.45. The first-order valence-corrected chi connectivity index (χ1v) is 9.04. The lowest BCUT2D eigenvalue weighted by Gasteiger charge is -2.37. The molecular weight excluding hydrogens is 373 g/mol. The van der Waals surface area contributed by atoms with E-state index in [0.717, 1.165) is 51.5 Å². The summed E-state index contributed by atoms with van der Waals surface area (Å²) in [6, 6.07) is 9.66. The molecule has 3 unspecified atom stereocenters. The van der Waals surface area contributed by atoms with Crippen LogP contribution < -0.4 is 5.73 Å². The lowest BCUT2D eigenvalue weighted by Crippen LogP contribution is -2.51. The topological polar surface area (TPSA) is 58.8 Å². The van der Waals surface area contributed by atoms with Gasteiger partial charge in [-0.25, -0.2) is 0 Å². The molecule has 0 bridgehead atoms. The summed E-state index contributed by atoms with van der Waals surface area (Å²) in [7, 11) is 0. The normalized spacial score (nSPS) is 22.8. The Bertz CT molecular complexity index is 533. The van der Waals surface area contributed by atoms with E-state index in [1.165, 1.54) is 6.42 Å². The Balaban J connectivity index is 0.00000169. The first kappa shape index (κ1) is 23.2. The molecule has 3 rings (SSSR count). The van der Waals surface area contributed by atoms with Gasteiger partial charge in [0.2, 0.25) is 5.91 Å². The smallest absolute Gasteiger partial charge is 0.227 e. The van der Waals surface area contributed by atoms with Crippen molar-refractivity contribution >= 4 is 30.7 Å². The Morgan fingerprint density at radius 3 is 2.42 bits per heavy atom. The van der Waals surface area contributed by atoms with Gasteiger partial charge in [0.25, 0.3) is 0 Å². The van der Waals surface area contributed by atoms with E-state index in [1.807, 2.05) is 42.2 Å². The van der Waals surface area contributed by atoms with Gasteiger partial charge < -0.3 is 15.4 Å². The van der Waals surface area contributed by atoms with Crippen molar-refractivity contribution in [3.05, 3.63) is 35.9 Å². The fraction of sp³-hybridized carbons (Fsp3) is 0.632. The van der Waals surface area contributed by atoms with Gasteiger partial charge in [-0.05, 0) is 17.9 Å². The highest BCUT2D eigenvalue weighted by Gasteiger charge is 2.30. The molecule has 2 N–H and O–H groups in total. The predicted molar refractivity (Wildman–Crippen MR) is 109 cm³/mol. The van der Waals surface area contributed by atoms with Gasteiger partial charge in [0, 0.05) is 45.4 Å². The molecule has 2 aliphatic rings. The molecule has 5 nitrogen and oxygen atoms in total. The molecule has 0 radical (unpaired) electrons. The molecule has 2 aliphatic heterocycles. The van der Waals surface area contributed by atoms with Gasteiger partial charge in [-0.2, -0.15) is 0 Å². The number of piperazine rings is 1. The van der Waals surface area contributed by atoms with Crippen LogP contribution >= 0.6 is 24.8 Å². The number of hydrogen-bond acceptors (Lipinski definition) is 4. The fourth-order valence-corrected chi connectivity index (χ4v) is 3.65. The van der Waals surface area contributed by atoms with E-state index in [2.05, 4.69) is 4.90 Å². The highest BCUT2D eigenvalue weighted by molar-refractivity contribution is 5.85. The van der Waals surface area contributed by atoms with Crippen LogP contribution in [0.4, 0.5) is 0 Å². The second-order valence-corrected chi connectivity index (χ2v) is 7.08. The molecule has 1 aromatic rings. The maximum Gasteiger partial charge on any atom is 0.227 e. The number of halogens is 2.